The first kappa shape index (κ1) is 18.0. The molecule has 134 valence electrons. The Morgan fingerprint density at radius 1 is 1.00 bits per heavy atom. The van der Waals surface area contributed by atoms with Gasteiger partial charge in [-0.3, -0.25) is 4.98 Å². The largest absolute Gasteiger partial charge is 0.385 e. The van der Waals surface area contributed by atoms with Crippen LogP contribution in [0.15, 0.2) is 54.9 Å². The highest BCUT2D eigenvalue weighted by molar-refractivity contribution is 5.59. The van der Waals surface area contributed by atoms with Crippen molar-refractivity contribution in [2.45, 2.75) is 32.8 Å². The summed E-state index contributed by atoms with van der Waals surface area (Å²) in [7, 11) is 0. The van der Waals surface area contributed by atoms with Crippen molar-refractivity contribution >= 4 is 5.82 Å². The fraction of sp³-hybridized carbons (Fsp3) is 0.286. The molecule has 2 heterocycles. The van der Waals surface area contributed by atoms with Crippen molar-refractivity contribution in [3.05, 3.63) is 71.7 Å². The van der Waals surface area contributed by atoms with E-state index in [1.807, 2.05) is 63.2 Å². The minimum absolute atomic E-state index is 0.574. The predicted molar refractivity (Wildman–Crippen MR) is 104 cm³/mol. The highest BCUT2D eigenvalue weighted by Crippen LogP contribution is 2.25. The summed E-state index contributed by atoms with van der Waals surface area (Å²) in [5.41, 5.74) is 2.90. The third-order valence-electron chi connectivity index (χ3n) is 4.63. The van der Waals surface area contributed by atoms with Gasteiger partial charge in [0.15, 0.2) is 5.82 Å². The Balaban J connectivity index is 1.75. The van der Waals surface area contributed by atoms with Gasteiger partial charge < -0.3 is 10.4 Å². The van der Waals surface area contributed by atoms with Crippen LogP contribution in [0.5, 0.6) is 0 Å². The fourth-order valence-electron chi connectivity index (χ4n) is 2.80. The van der Waals surface area contributed by atoms with Crippen LogP contribution < -0.4 is 5.32 Å². The van der Waals surface area contributed by atoms with Gasteiger partial charge in [-0.2, -0.15) is 0 Å². The van der Waals surface area contributed by atoms with E-state index in [1.54, 1.807) is 12.4 Å². The number of hydrogen-bond donors (Lipinski definition) is 2. The number of nitrogens with one attached hydrogen (secondary N) is 1. The molecule has 3 rings (SSSR count). The summed E-state index contributed by atoms with van der Waals surface area (Å²) in [6.45, 7) is 6.43. The molecule has 0 aliphatic rings. The zero-order valence-electron chi connectivity index (χ0n) is 15.4. The number of pyridine rings is 1. The van der Waals surface area contributed by atoms with E-state index in [0.717, 1.165) is 28.2 Å². The number of aryl methyl sites for hydroxylation is 1. The molecule has 5 nitrogen and oxygen atoms in total. The monoisotopic (exact) mass is 348 g/mol. The number of nitrogens with zero attached hydrogens (tertiary/aromatic N) is 3. The van der Waals surface area contributed by atoms with Gasteiger partial charge in [0.25, 0.3) is 0 Å². The van der Waals surface area contributed by atoms with E-state index in [0.29, 0.717) is 18.8 Å². The first-order valence-electron chi connectivity index (χ1n) is 8.75. The van der Waals surface area contributed by atoms with E-state index in [-0.39, 0.29) is 0 Å². The second kappa shape index (κ2) is 7.62. The molecule has 1 atom stereocenters. The number of rotatable bonds is 6. The lowest BCUT2D eigenvalue weighted by atomic mass is 9.92. The van der Waals surface area contributed by atoms with Crippen LogP contribution in [0.3, 0.4) is 0 Å². The second-order valence-electron chi connectivity index (χ2n) is 6.66. The Bertz CT molecular complexity index is 864. The maximum Gasteiger partial charge on any atom is 0.161 e. The molecule has 3 aromatic rings. The lowest BCUT2D eigenvalue weighted by Gasteiger charge is -2.24. The molecule has 0 saturated heterocycles. The van der Waals surface area contributed by atoms with Crippen LogP contribution in [0.1, 0.15) is 30.2 Å². The van der Waals surface area contributed by atoms with E-state index >= 15 is 0 Å². The van der Waals surface area contributed by atoms with E-state index in [9.17, 15) is 5.11 Å². The Morgan fingerprint density at radius 2 is 1.69 bits per heavy atom. The van der Waals surface area contributed by atoms with E-state index in [1.165, 1.54) is 0 Å². The quantitative estimate of drug-likeness (QED) is 0.708. The van der Waals surface area contributed by atoms with Gasteiger partial charge in [-0.1, -0.05) is 30.3 Å². The van der Waals surface area contributed by atoms with Gasteiger partial charge in [-0.15, -0.1) is 0 Å². The lowest BCUT2D eigenvalue weighted by molar-refractivity contribution is 0.0515. The summed E-state index contributed by atoms with van der Waals surface area (Å²) >= 11 is 0. The summed E-state index contributed by atoms with van der Waals surface area (Å²) in [6, 6.07) is 13.5. The van der Waals surface area contributed by atoms with Gasteiger partial charge in [0.2, 0.25) is 0 Å². The van der Waals surface area contributed by atoms with Gasteiger partial charge >= 0.3 is 0 Å². The first-order valence-corrected chi connectivity index (χ1v) is 8.75. The number of aromatic nitrogens is 3. The van der Waals surface area contributed by atoms with E-state index < -0.39 is 5.60 Å². The van der Waals surface area contributed by atoms with Crippen LogP contribution >= 0.6 is 0 Å². The van der Waals surface area contributed by atoms with Crippen molar-refractivity contribution in [2.75, 3.05) is 11.9 Å². The molecule has 0 aliphatic carbocycles. The zero-order valence-corrected chi connectivity index (χ0v) is 15.4. The predicted octanol–water partition coefficient (Wildman–Crippen LogP) is 3.87. The van der Waals surface area contributed by atoms with Gasteiger partial charge in [0, 0.05) is 35.8 Å². The van der Waals surface area contributed by atoms with Gasteiger partial charge in [0.1, 0.15) is 5.82 Å². The third-order valence-corrected chi connectivity index (χ3v) is 4.63. The van der Waals surface area contributed by atoms with Crippen molar-refractivity contribution in [3.8, 4) is 11.4 Å². The smallest absolute Gasteiger partial charge is 0.161 e. The second-order valence-corrected chi connectivity index (χ2v) is 6.66. The van der Waals surface area contributed by atoms with Crippen molar-refractivity contribution in [1.82, 2.24) is 15.0 Å². The summed E-state index contributed by atoms with van der Waals surface area (Å²) in [6.07, 6.45) is 4.04. The molecule has 26 heavy (non-hydrogen) atoms. The molecule has 0 saturated carbocycles. The van der Waals surface area contributed by atoms with Crippen LogP contribution in [0.25, 0.3) is 11.4 Å². The van der Waals surface area contributed by atoms with Crippen LogP contribution in [-0.4, -0.2) is 26.6 Å². The standard InChI is InChI=1S/C21H24N4O/c1-15-16(2)24-20(17-9-12-22-13-10-17)25-19(15)23-14-11-21(3,26)18-7-5-4-6-8-18/h4-10,12-13,26H,11,14H2,1-3H3,(H,23,24,25). The van der Waals surface area contributed by atoms with Crippen molar-refractivity contribution in [3.63, 3.8) is 0 Å². The number of hydrogen-bond acceptors (Lipinski definition) is 5. The summed E-state index contributed by atoms with van der Waals surface area (Å²) in [4.78, 5) is 13.3. The first-order chi connectivity index (χ1) is 12.5. The SMILES string of the molecule is Cc1nc(-c2ccncc2)nc(NCCC(C)(O)c2ccccc2)c1C. The summed E-state index contributed by atoms with van der Waals surface area (Å²) in [5, 5.41) is 14.1. The van der Waals surface area contributed by atoms with Gasteiger partial charge in [-0.05, 0) is 44.9 Å². The van der Waals surface area contributed by atoms with E-state index in [2.05, 4.69) is 20.3 Å². The van der Waals surface area contributed by atoms with Crippen LogP contribution in [-0.2, 0) is 5.60 Å². The maximum absolute atomic E-state index is 10.7. The number of aliphatic hydroxyl groups is 1. The van der Waals surface area contributed by atoms with Gasteiger partial charge in [-0.25, -0.2) is 9.97 Å². The van der Waals surface area contributed by atoms with Crippen LogP contribution in [0, 0.1) is 13.8 Å². The molecule has 0 amide bonds. The minimum atomic E-state index is -0.891. The Kier molecular flexibility index (Phi) is 5.28. The molecule has 0 aliphatic heterocycles. The number of anilines is 1. The maximum atomic E-state index is 10.7. The Labute approximate surface area is 154 Å². The topological polar surface area (TPSA) is 70.9 Å². The average Bonchev–Trinajstić information content (AvgIpc) is 2.66. The molecule has 0 radical (unpaired) electrons. The molecule has 1 aromatic carbocycles. The summed E-state index contributed by atoms with van der Waals surface area (Å²) in [5.74, 6) is 1.47. The molecule has 0 spiro atoms. The Hall–Kier alpha value is -2.79. The molecule has 0 bridgehead atoms. The van der Waals surface area contributed by atoms with Crippen molar-refractivity contribution < 1.29 is 5.11 Å². The molecule has 5 heteroatoms. The van der Waals surface area contributed by atoms with Crippen molar-refractivity contribution in [2.24, 2.45) is 0 Å². The molecule has 0 fully saturated rings. The highest BCUT2D eigenvalue weighted by atomic mass is 16.3. The average molecular weight is 348 g/mol. The fourth-order valence-corrected chi connectivity index (χ4v) is 2.80. The Morgan fingerprint density at radius 3 is 2.38 bits per heavy atom. The van der Waals surface area contributed by atoms with Crippen molar-refractivity contribution in [1.29, 1.82) is 0 Å². The highest BCUT2D eigenvalue weighted by Gasteiger charge is 2.22. The van der Waals surface area contributed by atoms with E-state index in [4.69, 9.17) is 0 Å². The number of benzene rings is 1. The lowest BCUT2D eigenvalue weighted by Crippen LogP contribution is -2.25. The zero-order chi connectivity index (χ0) is 18.6. The third kappa shape index (κ3) is 4.06. The molecule has 2 aromatic heterocycles. The van der Waals surface area contributed by atoms with Gasteiger partial charge in [0.05, 0.1) is 5.60 Å². The molecular weight excluding hydrogens is 324 g/mol. The summed E-state index contributed by atoms with van der Waals surface area (Å²) < 4.78 is 0. The normalized spacial score (nSPS) is 13.2. The molecular formula is C21H24N4O. The van der Waals surface area contributed by atoms with Crippen LogP contribution in [0.4, 0.5) is 5.82 Å². The molecule has 2 N–H and O–H groups in total. The van der Waals surface area contributed by atoms with Crippen LogP contribution in [0.2, 0.25) is 0 Å². The molecule has 1 unspecified atom stereocenters. The minimum Gasteiger partial charge on any atom is -0.385 e.